The largest absolute Gasteiger partial charge is 0.296 e. The lowest BCUT2D eigenvalue weighted by molar-refractivity contribution is -0.0482. The summed E-state index contributed by atoms with van der Waals surface area (Å²) in [4.78, 5) is 2.30. The van der Waals surface area contributed by atoms with E-state index in [4.69, 9.17) is 0 Å². The van der Waals surface area contributed by atoms with Crippen LogP contribution in [-0.2, 0) is 10.0 Å². The fraction of sp³-hybridized carbons (Fsp3) is 0.538. The summed E-state index contributed by atoms with van der Waals surface area (Å²) in [6, 6.07) is 11.1. The first kappa shape index (κ1) is 12.1. The molecule has 1 aromatic rings. The average Bonchev–Trinajstić information content (AvgIpc) is 2.37. The first-order valence-corrected chi connectivity index (χ1v) is 8.05. The molecule has 0 saturated carbocycles. The third kappa shape index (κ3) is 1.77. The molecule has 3 rings (SSSR count). The number of hydrogen-bond donors (Lipinski definition) is 0. The monoisotopic (exact) mass is 266 g/mol. The maximum Gasteiger partial charge on any atom is 0.211 e. The van der Waals surface area contributed by atoms with Gasteiger partial charge in [0, 0.05) is 31.1 Å². The van der Waals surface area contributed by atoms with E-state index < -0.39 is 10.0 Å². The molecular weight excluding hydrogens is 248 g/mol. The number of fused-ring (bicyclic) bond motifs is 2. The van der Waals surface area contributed by atoms with Crippen molar-refractivity contribution >= 4 is 10.0 Å². The Bertz CT molecular complexity index is 529. The number of likely N-dealkylation sites (N-methyl/N-ethyl adjacent to an activating group) is 1. The smallest absolute Gasteiger partial charge is 0.211 e. The van der Waals surface area contributed by atoms with Gasteiger partial charge in [0.15, 0.2) is 0 Å². The predicted octanol–water partition coefficient (Wildman–Crippen LogP) is 0.728. The molecule has 0 spiro atoms. The van der Waals surface area contributed by atoms with Crippen molar-refractivity contribution in [2.24, 2.45) is 0 Å². The molecule has 98 valence electrons. The molecule has 3 atom stereocenters. The quantitative estimate of drug-likeness (QED) is 0.792. The van der Waals surface area contributed by atoms with E-state index >= 15 is 0 Å². The molecule has 1 unspecified atom stereocenters. The van der Waals surface area contributed by atoms with Gasteiger partial charge in [-0.05, 0) is 12.6 Å². The van der Waals surface area contributed by atoms with E-state index in [1.165, 1.54) is 11.8 Å². The van der Waals surface area contributed by atoms with Gasteiger partial charge in [-0.2, -0.15) is 4.31 Å². The third-order valence-corrected chi connectivity index (χ3v) is 5.55. The Morgan fingerprint density at radius 2 is 1.67 bits per heavy atom. The van der Waals surface area contributed by atoms with Gasteiger partial charge in [0.2, 0.25) is 10.0 Å². The van der Waals surface area contributed by atoms with Crippen molar-refractivity contribution in [1.29, 1.82) is 0 Å². The van der Waals surface area contributed by atoms with Crippen LogP contribution in [0.1, 0.15) is 11.5 Å². The lowest BCUT2D eigenvalue weighted by Crippen LogP contribution is -2.72. The molecular formula is C13H18N2O2S. The van der Waals surface area contributed by atoms with Crippen LogP contribution in [0.3, 0.4) is 0 Å². The third-order valence-electron chi connectivity index (χ3n) is 4.31. The number of sulfonamides is 1. The molecule has 2 saturated heterocycles. The average molecular weight is 266 g/mol. The van der Waals surface area contributed by atoms with E-state index in [1.807, 2.05) is 6.07 Å². The maximum absolute atomic E-state index is 11.6. The number of piperidine rings is 1. The van der Waals surface area contributed by atoms with Crippen molar-refractivity contribution in [3.8, 4) is 0 Å². The highest BCUT2D eigenvalue weighted by Gasteiger charge is 2.53. The lowest BCUT2D eigenvalue weighted by Gasteiger charge is -2.60. The molecule has 0 amide bonds. The number of rotatable bonds is 2. The van der Waals surface area contributed by atoms with Crippen LogP contribution in [0, 0.1) is 0 Å². The second kappa shape index (κ2) is 4.05. The van der Waals surface area contributed by atoms with Gasteiger partial charge in [-0.3, -0.25) is 4.90 Å². The standard InChI is InChI=1S/C13H18N2O2S/c1-14-11-8-15(18(2,16)17)9-12(14)13(11)10-6-4-3-5-7-10/h3-7,11-13H,8-9H2,1-2H3/t11-,12+,13?. The summed E-state index contributed by atoms with van der Waals surface area (Å²) in [6.45, 7) is 1.23. The predicted molar refractivity (Wildman–Crippen MR) is 70.9 cm³/mol. The van der Waals surface area contributed by atoms with Crippen molar-refractivity contribution < 1.29 is 8.42 Å². The second-order valence-electron chi connectivity index (χ2n) is 5.32. The molecule has 2 fully saturated rings. The summed E-state index contributed by atoms with van der Waals surface area (Å²) in [5, 5.41) is 0. The highest BCUT2D eigenvalue weighted by Crippen LogP contribution is 2.43. The Balaban J connectivity index is 1.84. The van der Waals surface area contributed by atoms with Gasteiger partial charge in [-0.1, -0.05) is 30.3 Å². The highest BCUT2D eigenvalue weighted by molar-refractivity contribution is 7.88. The van der Waals surface area contributed by atoms with Gasteiger partial charge < -0.3 is 0 Å². The van der Waals surface area contributed by atoms with Crippen molar-refractivity contribution in [3.05, 3.63) is 35.9 Å². The van der Waals surface area contributed by atoms with Crippen molar-refractivity contribution in [2.75, 3.05) is 26.4 Å². The molecule has 1 aromatic carbocycles. The summed E-state index contributed by atoms with van der Waals surface area (Å²) in [5.41, 5.74) is 1.33. The Labute approximate surface area is 108 Å². The van der Waals surface area contributed by atoms with Gasteiger partial charge in [0.25, 0.3) is 0 Å². The fourth-order valence-electron chi connectivity index (χ4n) is 3.27. The number of hydrogen-bond acceptors (Lipinski definition) is 3. The Kier molecular flexibility index (Phi) is 2.73. The van der Waals surface area contributed by atoms with Crippen molar-refractivity contribution in [3.63, 3.8) is 0 Å². The van der Waals surface area contributed by atoms with Gasteiger partial charge in [-0.25, -0.2) is 8.42 Å². The maximum atomic E-state index is 11.6. The summed E-state index contributed by atoms with van der Waals surface area (Å²) >= 11 is 0. The molecule has 0 radical (unpaired) electrons. The molecule has 0 aliphatic carbocycles. The van der Waals surface area contributed by atoms with Crippen molar-refractivity contribution in [1.82, 2.24) is 9.21 Å². The van der Waals surface area contributed by atoms with E-state index in [0.717, 1.165) is 0 Å². The fourth-order valence-corrected chi connectivity index (χ4v) is 4.12. The van der Waals surface area contributed by atoms with Gasteiger partial charge in [0.1, 0.15) is 0 Å². The van der Waals surface area contributed by atoms with Gasteiger partial charge in [0.05, 0.1) is 6.26 Å². The number of piperazine rings is 1. The molecule has 0 N–H and O–H groups in total. The van der Waals surface area contributed by atoms with Crippen LogP contribution in [0.25, 0.3) is 0 Å². The van der Waals surface area contributed by atoms with Crippen LogP contribution in [0.2, 0.25) is 0 Å². The van der Waals surface area contributed by atoms with Gasteiger partial charge in [-0.15, -0.1) is 0 Å². The zero-order chi connectivity index (χ0) is 12.9. The van der Waals surface area contributed by atoms with E-state index in [9.17, 15) is 8.42 Å². The Morgan fingerprint density at radius 3 is 2.17 bits per heavy atom. The SMILES string of the molecule is CN1[C@@H]2CN(S(C)(=O)=O)C[C@H]1C2c1ccccc1. The number of benzene rings is 1. The summed E-state index contributed by atoms with van der Waals surface area (Å²) < 4.78 is 24.8. The van der Waals surface area contributed by atoms with E-state index in [2.05, 4.69) is 36.2 Å². The van der Waals surface area contributed by atoms with Crippen LogP contribution in [0.15, 0.2) is 30.3 Å². The minimum Gasteiger partial charge on any atom is -0.296 e. The lowest BCUT2D eigenvalue weighted by atomic mass is 9.73. The van der Waals surface area contributed by atoms with E-state index in [0.29, 0.717) is 31.1 Å². The minimum absolute atomic E-state index is 0.320. The molecule has 2 aliphatic rings. The first-order valence-electron chi connectivity index (χ1n) is 6.20. The topological polar surface area (TPSA) is 40.6 Å². The Hall–Kier alpha value is -0.910. The summed E-state index contributed by atoms with van der Waals surface area (Å²) in [7, 11) is -0.959. The molecule has 2 aliphatic heterocycles. The number of nitrogens with zero attached hydrogens (tertiary/aromatic N) is 2. The zero-order valence-electron chi connectivity index (χ0n) is 10.7. The molecule has 4 nitrogen and oxygen atoms in total. The second-order valence-corrected chi connectivity index (χ2v) is 7.30. The van der Waals surface area contributed by atoms with Crippen LogP contribution >= 0.6 is 0 Å². The minimum atomic E-state index is -3.05. The zero-order valence-corrected chi connectivity index (χ0v) is 11.5. The van der Waals surface area contributed by atoms with Crippen LogP contribution in [0.4, 0.5) is 0 Å². The summed E-state index contributed by atoms with van der Waals surface area (Å²) in [6.07, 6.45) is 1.30. The van der Waals surface area contributed by atoms with Gasteiger partial charge >= 0.3 is 0 Å². The van der Waals surface area contributed by atoms with Crippen LogP contribution in [0.5, 0.6) is 0 Å². The van der Waals surface area contributed by atoms with Crippen LogP contribution < -0.4 is 0 Å². The molecule has 5 heteroatoms. The normalized spacial score (nSPS) is 33.1. The van der Waals surface area contributed by atoms with Crippen molar-refractivity contribution in [2.45, 2.75) is 18.0 Å². The van der Waals surface area contributed by atoms with E-state index in [-0.39, 0.29) is 0 Å². The van der Waals surface area contributed by atoms with Crippen LogP contribution in [-0.4, -0.2) is 56.1 Å². The molecule has 0 aromatic heterocycles. The Morgan fingerprint density at radius 1 is 1.11 bits per heavy atom. The molecule has 18 heavy (non-hydrogen) atoms. The summed E-state index contributed by atoms with van der Waals surface area (Å²) in [5.74, 6) is 0.481. The molecule has 2 heterocycles. The molecule has 2 bridgehead atoms. The highest BCUT2D eigenvalue weighted by atomic mass is 32.2. The first-order chi connectivity index (χ1) is 8.48. The van der Waals surface area contributed by atoms with E-state index in [1.54, 1.807) is 4.31 Å².